The number of rotatable bonds is 8. The molecule has 2 rings (SSSR count). The Kier molecular flexibility index (Phi) is 7.42. The number of carbonyl (C=O) groups excluding carboxylic acids is 3. The predicted molar refractivity (Wildman–Crippen MR) is 97.5 cm³/mol. The molecule has 2 aromatic rings. The van der Waals surface area contributed by atoms with E-state index >= 15 is 0 Å². The Balaban J connectivity index is 1.93. The Labute approximate surface area is 152 Å². The van der Waals surface area contributed by atoms with Crippen molar-refractivity contribution in [2.45, 2.75) is 32.7 Å². The molecule has 138 valence electrons. The molecule has 0 atom stereocenters. The van der Waals surface area contributed by atoms with E-state index in [0.717, 1.165) is 19.3 Å². The summed E-state index contributed by atoms with van der Waals surface area (Å²) in [6.45, 7) is 2.74. The third-order valence-corrected chi connectivity index (χ3v) is 3.70. The first kappa shape index (κ1) is 19.2. The van der Waals surface area contributed by atoms with Gasteiger partial charge < -0.3 is 20.4 Å². The molecule has 1 aromatic heterocycles. The van der Waals surface area contributed by atoms with Gasteiger partial charge in [-0.1, -0.05) is 31.9 Å². The maximum atomic E-state index is 12.4. The fraction of sp³-hybridized carbons (Fsp3) is 0.316. The van der Waals surface area contributed by atoms with Crippen LogP contribution in [-0.2, 0) is 16.1 Å². The number of amides is 3. The van der Waals surface area contributed by atoms with Crippen LogP contribution in [0.5, 0.6) is 0 Å². The lowest BCUT2D eigenvalue weighted by Gasteiger charge is -2.11. The molecular weight excluding hydrogens is 334 g/mol. The van der Waals surface area contributed by atoms with E-state index < -0.39 is 11.8 Å². The van der Waals surface area contributed by atoms with Crippen molar-refractivity contribution in [2.75, 3.05) is 11.9 Å². The largest absolute Gasteiger partial charge is 0.467 e. The number of para-hydroxylation sites is 1. The monoisotopic (exact) mass is 357 g/mol. The second-order valence-electron chi connectivity index (χ2n) is 5.72. The van der Waals surface area contributed by atoms with Crippen LogP contribution in [0.15, 0.2) is 47.1 Å². The summed E-state index contributed by atoms with van der Waals surface area (Å²) in [6, 6.07) is 9.99. The highest BCUT2D eigenvalue weighted by molar-refractivity contribution is 6.40. The van der Waals surface area contributed by atoms with E-state index in [2.05, 4.69) is 22.9 Å². The lowest BCUT2D eigenvalue weighted by molar-refractivity contribution is -0.136. The number of benzene rings is 1. The Morgan fingerprint density at radius 3 is 2.50 bits per heavy atom. The summed E-state index contributed by atoms with van der Waals surface area (Å²) in [5, 5.41) is 7.76. The van der Waals surface area contributed by atoms with Gasteiger partial charge in [-0.2, -0.15) is 0 Å². The zero-order valence-corrected chi connectivity index (χ0v) is 14.7. The van der Waals surface area contributed by atoms with Crippen molar-refractivity contribution in [3.8, 4) is 0 Å². The highest BCUT2D eigenvalue weighted by Crippen LogP contribution is 2.15. The minimum atomic E-state index is -0.798. The van der Waals surface area contributed by atoms with E-state index in [-0.39, 0.29) is 23.7 Å². The van der Waals surface area contributed by atoms with Gasteiger partial charge >= 0.3 is 11.8 Å². The van der Waals surface area contributed by atoms with Gasteiger partial charge in [0.15, 0.2) is 0 Å². The number of furan rings is 1. The van der Waals surface area contributed by atoms with Gasteiger partial charge in [-0.05, 0) is 30.7 Å². The van der Waals surface area contributed by atoms with Crippen molar-refractivity contribution < 1.29 is 18.8 Å². The van der Waals surface area contributed by atoms with Gasteiger partial charge in [-0.25, -0.2) is 0 Å². The van der Waals surface area contributed by atoms with Crippen LogP contribution < -0.4 is 16.0 Å². The third-order valence-electron chi connectivity index (χ3n) is 3.70. The molecule has 3 amide bonds. The zero-order valence-electron chi connectivity index (χ0n) is 14.7. The topological polar surface area (TPSA) is 100 Å². The maximum Gasteiger partial charge on any atom is 0.313 e. The van der Waals surface area contributed by atoms with Crippen molar-refractivity contribution in [3.63, 3.8) is 0 Å². The van der Waals surface area contributed by atoms with Crippen LogP contribution in [0.3, 0.4) is 0 Å². The molecule has 0 spiro atoms. The summed E-state index contributed by atoms with van der Waals surface area (Å²) in [6.07, 6.45) is 4.36. The number of unbranched alkanes of at least 4 members (excludes halogenated alkanes) is 2. The van der Waals surface area contributed by atoms with Gasteiger partial charge in [-0.15, -0.1) is 0 Å². The van der Waals surface area contributed by atoms with Gasteiger partial charge in [0.05, 0.1) is 24.1 Å². The number of anilines is 1. The summed E-state index contributed by atoms with van der Waals surface area (Å²) in [4.78, 5) is 36.2. The second-order valence-corrected chi connectivity index (χ2v) is 5.72. The van der Waals surface area contributed by atoms with Crippen molar-refractivity contribution in [1.82, 2.24) is 10.6 Å². The smallest absolute Gasteiger partial charge is 0.313 e. The molecule has 0 bridgehead atoms. The van der Waals surface area contributed by atoms with E-state index in [0.29, 0.717) is 12.3 Å². The SMILES string of the molecule is CCCCCNC(=O)C(=O)Nc1ccccc1C(=O)NCc1ccco1. The van der Waals surface area contributed by atoms with Gasteiger partial charge in [-0.3, -0.25) is 14.4 Å². The van der Waals surface area contributed by atoms with Crippen LogP contribution in [0.4, 0.5) is 5.69 Å². The number of hydrogen-bond donors (Lipinski definition) is 3. The van der Waals surface area contributed by atoms with E-state index in [4.69, 9.17) is 4.42 Å². The second kappa shape index (κ2) is 10.0. The highest BCUT2D eigenvalue weighted by Gasteiger charge is 2.17. The molecule has 0 radical (unpaired) electrons. The molecule has 0 saturated heterocycles. The minimum Gasteiger partial charge on any atom is -0.467 e. The molecule has 0 fully saturated rings. The summed E-state index contributed by atoms with van der Waals surface area (Å²) < 4.78 is 5.16. The fourth-order valence-corrected chi connectivity index (χ4v) is 2.30. The molecule has 0 aliphatic rings. The molecule has 7 nitrogen and oxygen atoms in total. The molecule has 1 aromatic carbocycles. The van der Waals surface area contributed by atoms with E-state index in [9.17, 15) is 14.4 Å². The Bertz CT molecular complexity index is 741. The van der Waals surface area contributed by atoms with Crippen LogP contribution in [0.25, 0.3) is 0 Å². The quantitative estimate of drug-likeness (QED) is 0.499. The zero-order chi connectivity index (χ0) is 18.8. The molecular formula is C19H23N3O4. The Hall–Kier alpha value is -3.09. The van der Waals surface area contributed by atoms with Crippen molar-refractivity contribution in [1.29, 1.82) is 0 Å². The van der Waals surface area contributed by atoms with Crippen molar-refractivity contribution >= 4 is 23.4 Å². The van der Waals surface area contributed by atoms with Crippen molar-refractivity contribution in [2.24, 2.45) is 0 Å². The van der Waals surface area contributed by atoms with Crippen LogP contribution >= 0.6 is 0 Å². The summed E-state index contributed by atoms with van der Waals surface area (Å²) >= 11 is 0. The summed E-state index contributed by atoms with van der Waals surface area (Å²) in [5.41, 5.74) is 0.546. The third kappa shape index (κ3) is 5.77. The molecule has 0 aliphatic heterocycles. The number of carbonyl (C=O) groups is 3. The highest BCUT2D eigenvalue weighted by atomic mass is 16.3. The molecule has 26 heavy (non-hydrogen) atoms. The van der Waals surface area contributed by atoms with Crippen LogP contribution in [0, 0.1) is 0 Å². The maximum absolute atomic E-state index is 12.4. The van der Waals surface area contributed by atoms with Gasteiger partial charge in [0.1, 0.15) is 5.76 Å². The molecule has 0 aliphatic carbocycles. The first-order valence-electron chi connectivity index (χ1n) is 8.60. The fourth-order valence-electron chi connectivity index (χ4n) is 2.30. The van der Waals surface area contributed by atoms with Crippen molar-refractivity contribution in [3.05, 3.63) is 54.0 Å². The average Bonchev–Trinajstić information content (AvgIpc) is 3.17. The first-order valence-corrected chi connectivity index (χ1v) is 8.60. The molecule has 0 unspecified atom stereocenters. The first-order chi connectivity index (χ1) is 12.6. The minimum absolute atomic E-state index is 0.228. The molecule has 0 saturated carbocycles. The predicted octanol–water partition coefficient (Wildman–Crippen LogP) is 2.45. The van der Waals surface area contributed by atoms with E-state index in [1.807, 2.05) is 0 Å². The standard InChI is InChI=1S/C19H23N3O4/c1-2-3-6-11-20-18(24)19(25)22-16-10-5-4-9-15(16)17(23)21-13-14-8-7-12-26-14/h4-5,7-10,12H,2-3,6,11,13H2,1H3,(H,20,24)(H,21,23)(H,22,25). The van der Waals surface area contributed by atoms with Crippen LogP contribution in [0.2, 0.25) is 0 Å². The van der Waals surface area contributed by atoms with Gasteiger partial charge in [0.25, 0.3) is 5.91 Å². The van der Waals surface area contributed by atoms with Crippen LogP contribution in [-0.4, -0.2) is 24.3 Å². The Morgan fingerprint density at radius 1 is 0.962 bits per heavy atom. The average molecular weight is 357 g/mol. The molecule has 3 N–H and O–H groups in total. The lowest BCUT2D eigenvalue weighted by atomic mass is 10.1. The van der Waals surface area contributed by atoms with Gasteiger partial charge in [0, 0.05) is 6.54 Å². The molecule has 1 heterocycles. The summed E-state index contributed by atoms with van der Waals surface area (Å²) in [7, 11) is 0. The van der Waals surface area contributed by atoms with Crippen LogP contribution in [0.1, 0.15) is 42.3 Å². The Morgan fingerprint density at radius 2 is 1.77 bits per heavy atom. The normalized spacial score (nSPS) is 10.2. The number of hydrogen-bond acceptors (Lipinski definition) is 4. The number of nitrogens with one attached hydrogen (secondary N) is 3. The van der Waals surface area contributed by atoms with E-state index in [1.54, 1.807) is 36.4 Å². The van der Waals surface area contributed by atoms with Gasteiger partial charge in [0.2, 0.25) is 0 Å². The molecule has 7 heteroatoms. The lowest BCUT2D eigenvalue weighted by Crippen LogP contribution is -2.36. The summed E-state index contributed by atoms with van der Waals surface area (Å²) in [5.74, 6) is -1.27. The van der Waals surface area contributed by atoms with E-state index in [1.165, 1.54) is 6.26 Å².